The first-order valence-corrected chi connectivity index (χ1v) is 11.5. The van der Waals surface area contributed by atoms with Crippen LogP contribution in [0.3, 0.4) is 0 Å². The van der Waals surface area contributed by atoms with E-state index in [1.54, 1.807) is 36.4 Å². The van der Waals surface area contributed by atoms with Crippen LogP contribution in [0.2, 0.25) is 0 Å². The van der Waals surface area contributed by atoms with Crippen molar-refractivity contribution in [1.82, 2.24) is 4.90 Å². The third-order valence-corrected chi connectivity index (χ3v) is 5.78. The van der Waals surface area contributed by atoms with Crippen molar-refractivity contribution < 1.29 is 18.7 Å². The number of amides is 2. The Labute approximate surface area is 199 Å². The molecule has 1 aliphatic heterocycles. The Morgan fingerprint density at radius 3 is 2.21 bits per heavy atom. The molecule has 0 unspecified atom stereocenters. The van der Waals surface area contributed by atoms with Crippen LogP contribution in [0.4, 0.5) is 11.4 Å². The molecular weight excluding hydrogens is 430 g/mol. The van der Waals surface area contributed by atoms with E-state index in [2.05, 4.69) is 24.1 Å². The van der Waals surface area contributed by atoms with Gasteiger partial charge in [-0.25, -0.2) is 0 Å². The molecule has 2 heterocycles. The second-order valence-corrected chi connectivity index (χ2v) is 7.83. The van der Waals surface area contributed by atoms with Gasteiger partial charge < -0.3 is 19.4 Å². The molecule has 0 radical (unpaired) electrons. The molecule has 1 aliphatic rings. The molecule has 4 rings (SSSR count). The average Bonchev–Trinajstić information content (AvgIpc) is 3.45. The van der Waals surface area contributed by atoms with E-state index >= 15 is 0 Å². The van der Waals surface area contributed by atoms with E-state index in [9.17, 15) is 9.59 Å². The second-order valence-electron chi connectivity index (χ2n) is 7.83. The molecule has 3 aromatic rings. The predicted octanol–water partition coefficient (Wildman–Crippen LogP) is 4.92. The smallest absolute Gasteiger partial charge is 0.278 e. The van der Waals surface area contributed by atoms with Crippen LogP contribution in [-0.4, -0.2) is 36.4 Å². The zero-order chi connectivity index (χ0) is 24.1. The van der Waals surface area contributed by atoms with Crippen LogP contribution in [0.25, 0.3) is 5.57 Å². The van der Waals surface area contributed by atoms with Gasteiger partial charge in [-0.05, 0) is 74.9 Å². The number of nitrogens with one attached hydrogen (secondary N) is 1. The summed E-state index contributed by atoms with van der Waals surface area (Å²) < 4.78 is 10.9. The summed E-state index contributed by atoms with van der Waals surface area (Å²) >= 11 is 0. The molecule has 0 fully saturated rings. The fourth-order valence-corrected chi connectivity index (χ4v) is 4.03. The van der Waals surface area contributed by atoms with Crippen LogP contribution in [0, 0.1) is 0 Å². The highest BCUT2D eigenvalue weighted by atomic mass is 16.5. The minimum atomic E-state index is -0.391. The average molecular weight is 460 g/mol. The van der Waals surface area contributed by atoms with E-state index in [4.69, 9.17) is 9.15 Å². The number of carbonyl (C=O) groups excluding carboxylic acids is 2. The lowest BCUT2D eigenvalue weighted by atomic mass is 10.0. The molecule has 0 spiro atoms. The second kappa shape index (κ2) is 10.3. The van der Waals surface area contributed by atoms with Gasteiger partial charge in [0, 0.05) is 24.5 Å². The summed E-state index contributed by atoms with van der Waals surface area (Å²) in [5.41, 5.74) is 3.05. The highest BCUT2D eigenvalue weighted by Crippen LogP contribution is 2.33. The topological polar surface area (TPSA) is 75.0 Å². The number of hydrogen-bond donors (Lipinski definition) is 1. The van der Waals surface area contributed by atoms with Crippen molar-refractivity contribution in [2.24, 2.45) is 0 Å². The van der Waals surface area contributed by atoms with Gasteiger partial charge in [-0.3, -0.25) is 14.5 Å². The Morgan fingerprint density at radius 1 is 0.912 bits per heavy atom. The zero-order valence-electron chi connectivity index (χ0n) is 19.7. The molecule has 7 heteroatoms. The van der Waals surface area contributed by atoms with Crippen LogP contribution < -0.4 is 15.0 Å². The molecule has 1 aromatic heterocycles. The molecule has 176 valence electrons. The van der Waals surface area contributed by atoms with Gasteiger partial charge in [-0.2, -0.15) is 0 Å². The van der Waals surface area contributed by atoms with Gasteiger partial charge in [0.15, 0.2) is 0 Å². The Balaban J connectivity index is 1.67. The lowest BCUT2D eigenvalue weighted by Gasteiger charge is -2.21. The number of nitrogens with zero attached hydrogens (tertiary/aromatic N) is 2. The number of imide groups is 1. The summed E-state index contributed by atoms with van der Waals surface area (Å²) in [4.78, 5) is 30.2. The molecule has 0 aliphatic carbocycles. The molecule has 2 amide bonds. The zero-order valence-corrected chi connectivity index (χ0v) is 19.7. The van der Waals surface area contributed by atoms with Gasteiger partial charge in [0.1, 0.15) is 17.2 Å². The van der Waals surface area contributed by atoms with Gasteiger partial charge in [0.05, 0.1) is 25.0 Å². The fraction of sp³-hybridized carbons (Fsp3) is 0.259. The Hall–Kier alpha value is -4.00. The number of ether oxygens (including phenoxy) is 1. The lowest BCUT2D eigenvalue weighted by molar-refractivity contribution is -0.137. The van der Waals surface area contributed by atoms with Crippen molar-refractivity contribution in [3.63, 3.8) is 0 Å². The van der Waals surface area contributed by atoms with Crippen molar-refractivity contribution in [1.29, 1.82) is 0 Å². The van der Waals surface area contributed by atoms with Gasteiger partial charge in [-0.15, -0.1) is 0 Å². The summed E-state index contributed by atoms with van der Waals surface area (Å²) in [6.07, 6.45) is 1.53. The summed E-state index contributed by atoms with van der Waals surface area (Å²) in [6, 6.07) is 18.5. The van der Waals surface area contributed by atoms with Gasteiger partial charge in [0.25, 0.3) is 11.8 Å². The quantitative estimate of drug-likeness (QED) is 0.434. The molecule has 0 atom stereocenters. The molecule has 0 saturated carbocycles. The maximum atomic E-state index is 13.4. The number of rotatable bonds is 10. The highest BCUT2D eigenvalue weighted by Gasteiger charge is 2.39. The summed E-state index contributed by atoms with van der Waals surface area (Å²) in [5, 5.41) is 3.21. The molecule has 2 aromatic carbocycles. The van der Waals surface area contributed by atoms with E-state index in [0.717, 1.165) is 24.5 Å². The number of anilines is 2. The third kappa shape index (κ3) is 4.69. The number of hydrogen-bond acceptors (Lipinski definition) is 6. The SMILES string of the molecule is CCOc1ccc(C2=C(Nc3ccc(N(CC)CC)cc3)C(=O)N(Cc3ccco3)C2=O)cc1. The normalized spacial score (nSPS) is 13.6. The van der Waals surface area contributed by atoms with E-state index in [-0.39, 0.29) is 18.1 Å². The van der Waals surface area contributed by atoms with E-state index in [1.165, 1.54) is 11.2 Å². The van der Waals surface area contributed by atoms with Crippen molar-refractivity contribution in [2.45, 2.75) is 27.3 Å². The van der Waals surface area contributed by atoms with E-state index < -0.39 is 5.91 Å². The van der Waals surface area contributed by atoms with E-state index in [0.29, 0.717) is 29.3 Å². The Morgan fingerprint density at radius 2 is 1.62 bits per heavy atom. The maximum Gasteiger partial charge on any atom is 0.278 e. The third-order valence-electron chi connectivity index (χ3n) is 5.78. The summed E-state index contributed by atoms with van der Waals surface area (Å²) in [6.45, 7) is 8.57. The molecule has 0 bridgehead atoms. The first kappa shape index (κ1) is 23.2. The molecule has 1 N–H and O–H groups in total. The van der Waals surface area contributed by atoms with Crippen LogP contribution in [0.1, 0.15) is 32.1 Å². The Bertz CT molecular complexity index is 1160. The monoisotopic (exact) mass is 459 g/mol. The van der Waals surface area contributed by atoms with Crippen molar-refractivity contribution in [2.75, 3.05) is 29.9 Å². The fourth-order valence-electron chi connectivity index (χ4n) is 4.03. The first-order valence-electron chi connectivity index (χ1n) is 11.5. The minimum Gasteiger partial charge on any atom is -0.494 e. The Kier molecular flexibility index (Phi) is 7.01. The van der Waals surface area contributed by atoms with E-state index in [1.807, 2.05) is 31.2 Å². The van der Waals surface area contributed by atoms with Crippen molar-refractivity contribution in [3.8, 4) is 5.75 Å². The van der Waals surface area contributed by atoms with Gasteiger partial charge in [-0.1, -0.05) is 12.1 Å². The van der Waals surface area contributed by atoms with Crippen LogP contribution in [0.15, 0.2) is 77.0 Å². The first-order chi connectivity index (χ1) is 16.5. The number of benzene rings is 2. The minimum absolute atomic E-state index is 0.0667. The largest absolute Gasteiger partial charge is 0.494 e. The van der Waals surface area contributed by atoms with Gasteiger partial charge >= 0.3 is 0 Å². The van der Waals surface area contributed by atoms with Crippen LogP contribution >= 0.6 is 0 Å². The highest BCUT2D eigenvalue weighted by molar-refractivity contribution is 6.36. The summed E-state index contributed by atoms with van der Waals surface area (Å²) in [5.74, 6) is 0.487. The number of carbonyl (C=O) groups is 2. The van der Waals surface area contributed by atoms with Gasteiger partial charge in [0.2, 0.25) is 0 Å². The van der Waals surface area contributed by atoms with Crippen molar-refractivity contribution >= 4 is 28.8 Å². The van der Waals surface area contributed by atoms with Crippen LogP contribution in [0.5, 0.6) is 5.75 Å². The van der Waals surface area contributed by atoms with Crippen molar-refractivity contribution in [3.05, 3.63) is 83.9 Å². The maximum absolute atomic E-state index is 13.4. The molecule has 34 heavy (non-hydrogen) atoms. The standard InChI is InChI=1S/C27H29N3O4/c1-4-29(5-2)21-13-11-20(12-14-21)28-25-24(19-9-15-22(16-10-19)33-6-3)26(31)30(27(25)32)18-23-8-7-17-34-23/h7-17,28H,4-6,18H2,1-3H3. The summed E-state index contributed by atoms with van der Waals surface area (Å²) in [7, 11) is 0. The number of furan rings is 1. The molecule has 7 nitrogen and oxygen atoms in total. The molecular formula is C27H29N3O4. The van der Waals surface area contributed by atoms with Crippen LogP contribution in [-0.2, 0) is 16.1 Å². The predicted molar refractivity (Wildman–Crippen MR) is 132 cm³/mol. The lowest BCUT2D eigenvalue weighted by Crippen LogP contribution is -2.31. The molecule has 0 saturated heterocycles.